The van der Waals surface area contributed by atoms with Crippen molar-refractivity contribution in [1.82, 2.24) is 0 Å². The van der Waals surface area contributed by atoms with Crippen LogP contribution in [0.15, 0.2) is 11.9 Å². The molecule has 0 radical (unpaired) electrons. The SMILES string of the molecule is FC(F)=C(F)C(F)(F)F.[He]. The van der Waals surface area contributed by atoms with Gasteiger partial charge in [-0.2, -0.15) is 26.3 Å². The number of hydrogen-bond acceptors (Lipinski definition) is 0. The predicted molar refractivity (Wildman–Crippen MR) is 16.4 cm³/mol. The molecule has 0 saturated heterocycles. The zero-order valence-electron chi connectivity index (χ0n) is 4.47. The van der Waals surface area contributed by atoms with Gasteiger partial charge in [-0.05, 0) is 0 Å². The van der Waals surface area contributed by atoms with Gasteiger partial charge in [0, 0.05) is 6.15 Å². The molecular weight excluding hydrogens is 154 g/mol. The number of hydrogen-bond donors (Lipinski definition) is 0. The van der Waals surface area contributed by atoms with Crippen LogP contribution in [0.2, 0.25) is 0 Å². The Morgan fingerprint density at radius 3 is 1.20 bits per heavy atom. The zero-order valence-corrected chi connectivity index (χ0v) is 4.47. The van der Waals surface area contributed by atoms with E-state index in [9.17, 15) is 26.3 Å². The van der Waals surface area contributed by atoms with Crippen molar-refractivity contribution in [3.63, 3.8) is 0 Å². The maximum Gasteiger partial charge on any atom is 0.448 e. The Balaban J connectivity index is 0. The van der Waals surface area contributed by atoms with E-state index >= 15 is 0 Å². The molecule has 0 aromatic carbocycles. The number of halogens is 6. The van der Waals surface area contributed by atoms with Crippen molar-refractivity contribution in [2.45, 2.75) is 6.18 Å². The molecule has 0 spiro atoms. The van der Waals surface area contributed by atoms with Crippen molar-refractivity contribution in [2.24, 2.45) is 0 Å². The van der Waals surface area contributed by atoms with Crippen LogP contribution in [-0.2, 0) is 0 Å². The van der Waals surface area contributed by atoms with E-state index in [2.05, 4.69) is 0 Å². The van der Waals surface area contributed by atoms with Crippen LogP contribution >= 0.6 is 0 Å². The zero-order chi connectivity index (χ0) is 7.65. The van der Waals surface area contributed by atoms with Gasteiger partial charge in [0.1, 0.15) is 0 Å². The molecule has 0 fully saturated rings. The minimum atomic E-state index is -5.56. The molecule has 0 nitrogen and oxygen atoms in total. The van der Waals surface area contributed by atoms with Crippen LogP contribution < -0.4 is 0 Å². The Morgan fingerprint density at radius 2 is 1.20 bits per heavy atom. The van der Waals surface area contributed by atoms with Gasteiger partial charge in [0.05, 0.1) is 0 Å². The van der Waals surface area contributed by atoms with Gasteiger partial charge in [0.25, 0.3) is 5.83 Å². The molecule has 7 heteroatoms. The second-order valence-corrected chi connectivity index (χ2v) is 1.07. The van der Waals surface area contributed by atoms with Gasteiger partial charge in [-0.3, -0.25) is 0 Å². The molecule has 56 valence electrons. The van der Waals surface area contributed by atoms with E-state index in [1.807, 2.05) is 0 Å². The molecule has 0 amide bonds. The maximum atomic E-state index is 11.0. The van der Waals surface area contributed by atoms with Gasteiger partial charge < -0.3 is 0 Å². The second-order valence-electron chi connectivity index (χ2n) is 1.07. The van der Waals surface area contributed by atoms with E-state index in [1.54, 1.807) is 0 Å². The molecule has 0 saturated carbocycles. The monoisotopic (exact) mass is 154 g/mol. The van der Waals surface area contributed by atoms with Crippen LogP contribution in [-0.4, -0.2) is 6.18 Å². The molecule has 10 heavy (non-hydrogen) atoms. The molecule has 0 aliphatic carbocycles. The van der Waals surface area contributed by atoms with Crippen molar-refractivity contribution >= 4 is 0 Å². The van der Waals surface area contributed by atoms with Crippen LogP contribution in [0.3, 0.4) is 0 Å². The molecule has 0 atom stereocenters. The Hall–Kier alpha value is -0.771. The Bertz CT molecular complexity index is 130. The molecule has 0 unspecified atom stereocenters. The molecule has 0 aromatic rings. The summed E-state index contributed by atoms with van der Waals surface area (Å²) in [6.45, 7) is 0. The Labute approximate surface area is 51.9 Å². The fourth-order valence-electron chi connectivity index (χ4n) is 0.107. The van der Waals surface area contributed by atoms with Gasteiger partial charge in [0.15, 0.2) is 0 Å². The topological polar surface area (TPSA) is 0 Å². The quantitative estimate of drug-likeness (QED) is 0.470. The summed E-state index contributed by atoms with van der Waals surface area (Å²) < 4.78 is 64.8. The van der Waals surface area contributed by atoms with E-state index in [1.165, 1.54) is 0 Å². The average Bonchev–Trinajstić information content (AvgIpc) is 1.62. The summed E-state index contributed by atoms with van der Waals surface area (Å²) in [6, 6.07) is 0. The van der Waals surface area contributed by atoms with Crippen LogP contribution in [0.25, 0.3) is 0 Å². The third-order valence-electron chi connectivity index (χ3n) is 0.415. The van der Waals surface area contributed by atoms with Gasteiger partial charge >= 0.3 is 12.3 Å². The van der Waals surface area contributed by atoms with E-state index in [4.69, 9.17) is 0 Å². The fourth-order valence-corrected chi connectivity index (χ4v) is 0.107. The summed E-state index contributed by atoms with van der Waals surface area (Å²) in [5.41, 5.74) is 0. The number of allylic oxidation sites excluding steroid dienone is 1. The van der Waals surface area contributed by atoms with Crippen LogP contribution in [0.5, 0.6) is 0 Å². The van der Waals surface area contributed by atoms with Gasteiger partial charge in [0.2, 0.25) is 0 Å². The Morgan fingerprint density at radius 1 is 0.900 bits per heavy atom. The van der Waals surface area contributed by atoms with Crippen LogP contribution in [0.1, 0.15) is 0 Å². The third-order valence-corrected chi connectivity index (χ3v) is 0.415. The van der Waals surface area contributed by atoms with E-state index in [0.29, 0.717) is 0 Å². The Kier molecular flexibility index (Phi) is 4.08. The summed E-state index contributed by atoms with van der Waals surface area (Å²) in [6.07, 6.45) is -8.90. The first-order chi connectivity index (χ1) is 3.85. The van der Waals surface area contributed by atoms with Crippen molar-refractivity contribution in [1.29, 1.82) is 0 Å². The summed E-state index contributed by atoms with van der Waals surface area (Å²) in [5.74, 6) is -3.33. The van der Waals surface area contributed by atoms with Crippen molar-refractivity contribution in [3.8, 4) is 0 Å². The van der Waals surface area contributed by atoms with E-state index in [-0.39, 0.29) is 6.15 Å². The van der Waals surface area contributed by atoms with Crippen LogP contribution in [0.4, 0.5) is 26.3 Å². The van der Waals surface area contributed by atoms with Gasteiger partial charge in [-0.25, -0.2) is 0 Å². The normalized spacial score (nSPS) is 10.2. The molecule has 0 bridgehead atoms. The first-order valence-electron chi connectivity index (χ1n) is 1.63. The smallest absolute Gasteiger partial charge is 0.196 e. The van der Waals surface area contributed by atoms with Crippen molar-refractivity contribution in [3.05, 3.63) is 11.9 Å². The molecular formula is C3F6He. The predicted octanol–water partition coefficient (Wildman–Crippen LogP) is 2.63. The largest absolute Gasteiger partial charge is 0.448 e. The summed E-state index contributed by atoms with van der Waals surface area (Å²) in [4.78, 5) is 0. The van der Waals surface area contributed by atoms with E-state index < -0.39 is 18.1 Å². The summed E-state index contributed by atoms with van der Waals surface area (Å²) in [7, 11) is 0. The second kappa shape index (κ2) is 3.41. The maximum absolute atomic E-state index is 11.0. The van der Waals surface area contributed by atoms with Gasteiger partial charge in [-0.1, -0.05) is 0 Å². The standard InChI is InChI=1S/C3F6.He/c4-1(2(5)6)3(7,8)9;. The summed E-state index contributed by atoms with van der Waals surface area (Å²) in [5, 5.41) is 0. The van der Waals surface area contributed by atoms with Crippen LogP contribution in [0, 0.1) is 6.15 Å². The number of rotatable bonds is 0. The molecule has 0 N–H and O–H groups in total. The molecule has 0 rings (SSSR count). The minimum absolute atomic E-state index is 0. The average molecular weight is 154 g/mol. The minimum Gasteiger partial charge on any atom is -0.196 e. The van der Waals surface area contributed by atoms with E-state index in [0.717, 1.165) is 0 Å². The van der Waals surface area contributed by atoms with Crippen molar-refractivity contribution < 1.29 is 32.5 Å². The molecule has 0 aliphatic rings. The number of alkyl halides is 3. The van der Waals surface area contributed by atoms with Gasteiger partial charge in [-0.15, -0.1) is 0 Å². The fraction of sp³-hybridized carbons (Fsp3) is 0.333. The summed E-state index contributed by atoms with van der Waals surface area (Å²) >= 11 is 0. The molecule has 0 aromatic heterocycles. The molecule has 0 aliphatic heterocycles. The first-order valence-corrected chi connectivity index (χ1v) is 1.63. The molecule has 0 heterocycles. The third kappa shape index (κ3) is 3.29. The first kappa shape index (κ1) is 12.0. The van der Waals surface area contributed by atoms with Crippen molar-refractivity contribution in [2.75, 3.05) is 0 Å².